The standard InChI is InChI=1S/C10H19N.3C8H16N2/c1-11-8-7-10(9-11)5-3-2-4-6-10;1-10-4-2-8(3-5-10)6-9-7-8;1-10-5-3-8(7-10)2-4-9-6-8;1-10-6-8(7-10)2-4-9-5-3-8/h2-9H2,1H3;3*9H,2-7H2,1H3. The van der Waals surface area contributed by atoms with Gasteiger partial charge in [0, 0.05) is 45.8 Å². The Labute approximate surface area is 253 Å². The highest BCUT2D eigenvalue weighted by atomic mass is 15.2. The third-order valence-electron chi connectivity index (χ3n) is 12.4. The van der Waals surface area contributed by atoms with Crippen LogP contribution in [-0.2, 0) is 0 Å². The van der Waals surface area contributed by atoms with Crippen LogP contribution in [-0.4, -0.2) is 139 Å². The molecule has 7 heteroatoms. The average molecular weight is 574 g/mol. The molecule has 8 rings (SSSR count). The van der Waals surface area contributed by atoms with E-state index in [1.54, 1.807) is 0 Å². The Bertz CT molecular complexity index is 749. The van der Waals surface area contributed by atoms with E-state index in [2.05, 4.69) is 63.7 Å². The molecule has 0 aromatic carbocycles. The molecule has 8 aliphatic rings. The Hall–Kier alpha value is -0.280. The predicted octanol–water partition coefficient (Wildman–Crippen LogP) is 3.18. The van der Waals surface area contributed by atoms with Gasteiger partial charge < -0.3 is 35.6 Å². The number of hydrogen-bond acceptors (Lipinski definition) is 7. The molecule has 1 aliphatic carbocycles. The molecule has 8 fully saturated rings. The number of nitrogens with zero attached hydrogens (tertiary/aromatic N) is 4. The summed E-state index contributed by atoms with van der Waals surface area (Å²) in [6.45, 7) is 18.2. The molecule has 0 amide bonds. The van der Waals surface area contributed by atoms with Crippen LogP contribution < -0.4 is 16.0 Å². The van der Waals surface area contributed by atoms with Crippen molar-refractivity contribution in [2.75, 3.05) is 120 Å². The first kappa shape index (κ1) is 32.1. The second-order valence-electron chi connectivity index (χ2n) is 16.3. The molecule has 1 unspecified atom stereocenters. The van der Waals surface area contributed by atoms with E-state index in [9.17, 15) is 0 Å². The first-order chi connectivity index (χ1) is 19.7. The molecular weight excluding hydrogens is 506 g/mol. The smallest absolute Gasteiger partial charge is 0.00484 e. The lowest BCUT2D eigenvalue weighted by Gasteiger charge is -2.51. The molecule has 1 atom stereocenters. The van der Waals surface area contributed by atoms with Gasteiger partial charge in [-0.2, -0.15) is 0 Å². The molecule has 41 heavy (non-hydrogen) atoms. The highest BCUT2D eigenvalue weighted by Crippen LogP contribution is 2.43. The zero-order valence-corrected chi connectivity index (χ0v) is 27.7. The molecule has 3 N–H and O–H groups in total. The van der Waals surface area contributed by atoms with Crippen molar-refractivity contribution in [3.05, 3.63) is 0 Å². The molecule has 7 aliphatic heterocycles. The topological polar surface area (TPSA) is 49.1 Å². The number of hydrogen-bond donors (Lipinski definition) is 3. The quantitative estimate of drug-likeness (QED) is 0.412. The third-order valence-corrected chi connectivity index (χ3v) is 12.4. The first-order valence-corrected chi connectivity index (χ1v) is 17.6. The van der Waals surface area contributed by atoms with Crippen LogP contribution in [0.15, 0.2) is 0 Å². The monoisotopic (exact) mass is 574 g/mol. The summed E-state index contributed by atoms with van der Waals surface area (Å²) in [5, 5.41) is 10.2. The van der Waals surface area contributed by atoms with Crippen molar-refractivity contribution in [2.45, 2.75) is 77.0 Å². The molecule has 0 aromatic rings. The fraction of sp³-hybridized carbons (Fsp3) is 1.00. The van der Waals surface area contributed by atoms with E-state index in [1.807, 2.05) is 0 Å². The third kappa shape index (κ3) is 8.67. The summed E-state index contributed by atoms with van der Waals surface area (Å²) < 4.78 is 0. The second-order valence-corrected chi connectivity index (χ2v) is 16.3. The maximum Gasteiger partial charge on any atom is 0.00484 e. The SMILES string of the molecule is CN1CC2(CCNCC2)C1.CN1CCC2(CC1)CNC2.CN1CCC2(CCCCC2)C1.CN1CCC2(CCNC2)C1. The van der Waals surface area contributed by atoms with Gasteiger partial charge in [-0.15, -0.1) is 0 Å². The van der Waals surface area contributed by atoms with Crippen LogP contribution in [0.4, 0.5) is 0 Å². The maximum absolute atomic E-state index is 3.45. The Morgan fingerprint density at radius 2 is 0.829 bits per heavy atom. The highest BCUT2D eigenvalue weighted by Gasteiger charge is 2.42. The van der Waals surface area contributed by atoms with Crippen LogP contribution in [0.25, 0.3) is 0 Å². The van der Waals surface area contributed by atoms with Crippen LogP contribution in [0.3, 0.4) is 0 Å². The Balaban J connectivity index is 0.000000110. The Kier molecular flexibility index (Phi) is 11.1. The lowest BCUT2D eigenvalue weighted by Crippen LogP contribution is -2.58. The molecule has 0 radical (unpaired) electrons. The van der Waals surface area contributed by atoms with E-state index in [0.29, 0.717) is 5.41 Å². The van der Waals surface area contributed by atoms with Crippen LogP contribution in [0.2, 0.25) is 0 Å². The van der Waals surface area contributed by atoms with Crippen molar-refractivity contribution in [3.8, 4) is 0 Å². The largest absolute Gasteiger partial charge is 0.317 e. The fourth-order valence-corrected chi connectivity index (χ4v) is 9.47. The van der Waals surface area contributed by atoms with E-state index < -0.39 is 0 Å². The van der Waals surface area contributed by atoms with Gasteiger partial charge in [-0.25, -0.2) is 0 Å². The number of nitrogens with one attached hydrogen (secondary N) is 3. The molecule has 238 valence electrons. The zero-order valence-electron chi connectivity index (χ0n) is 27.7. The number of piperidine rings is 2. The minimum atomic E-state index is 0.675. The predicted molar refractivity (Wildman–Crippen MR) is 174 cm³/mol. The average Bonchev–Trinajstić information content (AvgIpc) is 3.66. The van der Waals surface area contributed by atoms with Crippen molar-refractivity contribution in [1.82, 2.24) is 35.6 Å². The van der Waals surface area contributed by atoms with Crippen LogP contribution in [0, 0.1) is 21.7 Å². The first-order valence-electron chi connectivity index (χ1n) is 17.6. The summed E-state index contributed by atoms with van der Waals surface area (Å²) in [6, 6.07) is 0. The van der Waals surface area contributed by atoms with Gasteiger partial charge in [-0.1, -0.05) is 19.3 Å². The Morgan fingerprint density at radius 1 is 0.366 bits per heavy atom. The van der Waals surface area contributed by atoms with Crippen LogP contribution in [0.1, 0.15) is 77.0 Å². The molecular formula is C34H67N7. The van der Waals surface area contributed by atoms with Crippen molar-refractivity contribution in [1.29, 1.82) is 0 Å². The van der Waals surface area contributed by atoms with Gasteiger partial charge >= 0.3 is 0 Å². The van der Waals surface area contributed by atoms with E-state index in [-0.39, 0.29) is 0 Å². The molecule has 1 saturated carbocycles. The Morgan fingerprint density at radius 3 is 1.29 bits per heavy atom. The molecule has 7 heterocycles. The minimum absolute atomic E-state index is 0.675. The molecule has 0 bridgehead atoms. The van der Waals surface area contributed by atoms with E-state index in [1.165, 1.54) is 169 Å². The minimum Gasteiger partial charge on any atom is -0.317 e. The van der Waals surface area contributed by atoms with Gasteiger partial charge in [-0.3, -0.25) is 0 Å². The molecule has 0 aromatic heterocycles. The van der Waals surface area contributed by atoms with Crippen molar-refractivity contribution in [2.24, 2.45) is 21.7 Å². The van der Waals surface area contributed by atoms with Crippen LogP contribution >= 0.6 is 0 Å². The fourth-order valence-electron chi connectivity index (χ4n) is 9.47. The van der Waals surface area contributed by atoms with Crippen molar-refractivity contribution in [3.63, 3.8) is 0 Å². The summed E-state index contributed by atoms with van der Waals surface area (Å²) in [5.41, 5.74) is 2.91. The van der Waals surface area contributed by atoms with Gasteiger partial charge in [0.2, 0.25) is 0 Å². The maximum atomic E-state index is 3.45. The summed E-state index contributed by atoms with van der Waals surface area (Å²) in [7, 11) is 8.93. The number of likely N-dealkylation sites (tertiary alicyclic amines) is 4. The highest BCUT2D eigenvalue weighted by molar-refractivity contribution is 4.97. The van der Waals surface area contributed by atoms with Gasteiger partial charge in [0.25, 0.3) is 0 Å². The van der Waals surface area contributed by atoms with Gasteiger partial charge in [0.15, 0.2) is 0 Å². The molecule has 4 spiro atoms. The lowest BCUT2D eigenvalue weighted by molar-refractivity contribution is -0.00368. The van der Waals surface area contributed by atoms with Crippen molar-refractivity contribution < 1.29 is 0 Å². The van der Waals surface area contributed by atoms with Crippen molar-refractivity contribution >= 4 is 0 Å². The van der Waals surface area contributed by atoms with Gasteiger partial charge in [0.05, 0.1) is 0 Å². The summed E-state index contributed by atoms with van der Waals surface area (Å²) in [5.74, 6) is 0. The van der Waals surface area contributed by atoms with E-state index in [4.69, 9.17) is 0 Å². The van der Waals surface area contributed by atoms with Gasteiger partial charge in [-0.05, 0) is 153 Å². The lowest BCUT2D eigenvalue weighted by atomic mass is 9.73. The molecule has 7 saturated heterocycles. The summed E-state index contributed by atoms with van der Waals surface area (Å²) in [4.78, 5) is 9.81. The summed E-state index contributed by atoms with van der Waals surface area (Å²) >= 11 is 0. The zero-order chi connectivity index (χ0) is 28.8. The van der Waals surface area contributed by atoms with Crippen LogP contribution in [0.5, 0.6) is 0 Å². The summed E-state index contributed by atoms with van der Waals surface area (Å²) in [6.07, 6.45) is 17.4. The van der Waals surface area contributed by atoms with E-state index >= 15 is 0 Å². The second kappa shape index (κ2) is 14.2. The molecule has 7 nitrogen and oxygen atoms in total. The normalized spacial score (nSPS) is 34.2. The van der Waals surface area contributed by atoms with E-state index in [0.717, 1.165) is 16.2 Å². The number of rotatable bonds is 0. The van der Waals surface area contributed by atoms with Gasteiger partial charge in [0.1, 0.15) is 0 Å².